The summed E-state index contributed by atoms with van der Waals surface area (Å²) >= 11 is 2.87. The number of rotatable bonds is 5. The molecule has 3 aromatic rings. The van der Waals surface area contributed by atoms with Crippen molar-refractivity contribution in [1.29, 1.82) is 0 Å². The summed E-state index contributed by atoms with van der Waals surface area (Å²) in [5.41, 5.74) is 2.25. The fraction of sp³-hybridized carbons (Fsp3) is 0.364. The minimum atomic E-state index is -0.462. The molecule has 1 N–H and O–H groups in total. The zero-order valence-corrected chi connectivity index (χ0v) is 18.8. The molecule has 1 aliphatic carbocycles. The molecule has 2 heterocycles. The Hall–Kier alpha value is -2.45. The topological polar surface area (TPSA) is 81.1 Å². The molecule has 30 heavy (non-hydrogen) atoms. The number of Topliss-reactive ketones (excluding diaryl/α,β-unsaturated/α-hetero) is 1. The number of carbonyl (C=O) groups excluding carboxylic acids is 2. The molecule has 0 bridgehead atoms. The van der Waals surface area contributed by atoms with E-state index in [1.165, 1.54) is 29.1 Å². The second-order valence-corrected chi connectivity index (χ2v) is 9.93. The fourth-order valence-corrected chi connectivity index (χ4v) is 5.82. The van der Waals surface area contributed by atoms with Crippen LogP contribution in [0.4, 0.5) is 5.69 Å². The van der Waals surface area contributed by atoms with Gasteiger partial charge < -0.3 is 5.32 Å². The molecule has 1 aliphatic rings. The SMILES string of the molecule is CC(=O)c1cccc(NC(=O)C(C)Sc2nc3sc4c(c3c(=O)n2C)CCCC4)c1. The number of anilines is 1. The lowest BCUT2D eigenvalue weighted by molar-refractivity contribution is -0.115. The van der Waals surface area contributed by atoms with Crippen molar-refractivity contribution in [2.24, 2.45) is 7.05 Å². The molecule has 1 atom stereocenters. The van der Waals surface area contributed by atoms with Gasteiger partial charge in [0.05, 0.1) is 10.6 Å². The third kappa shape index (κ3) is 3.94. The number of hydrogen-bond donors (Lipinski definition) is 1. The number of hydrogen-bond acceptors (Lipinski definition) is 6. The predicted molar refractivity (Wildman–Crippen MR) is 122 cm³/mol. The van der Waals surface area contributed by atoms with E-state index in [0.29, 0.717) is 16.4 Å². The van der Waals surface area contributed by atoms with Gasteiger partial charge in [-0.2, -0.15) is 0 Å². The van der Waals surface area contributed by atoms with Crippen molar-refractivity contribution < 1.29 is 9.59 Å². The average Bonchev–Trinajstić information content (AvgIpc) is 3.10. The van der Waals surface area contributed by atoms with Crippen LogP contribution in [0.3, 0.4) is 0 Å². The van der Waals surface area contributed by atoms with Crippen molar-refractivity contribution >= 4 is 50.7 Å². The Labute approximate surface area is 182 Å². The number of thioether (sulfide) groups is 1. The lowest BCUT2D eigenvalue weighted by atomic mass is 9.97. The van der Waals surface area contributed by atoms with Gasteiger partial charge in [-0.3, -0.25) is 19.0 Å². The largest absolute Gasteiger partial charge is 0.325 e. The predicted octanol–water partition coefficient (Wildman–Crippen LogP) is 4.20. The summed E-state index contributed by atoms with van der Waals surface area (Å²) < 4.78 is 1.55. The van der Waals surface area contributed by atoms with Gasteiger partial charge in [0.1, 0.15) is 4.83 Å². The Bertz CT molecular complexity index is 1210. The van der Waals surface area contributed by atoms with Crippen LogP contribution in [0, 0.1) is 0 Å². The number of aryl methyl sites for hydroxylation is 2. The lowest BCUT2D eigenvalue weighted by Gasteiger charge is -2.14. The van der Waals surface area contributed by atoms with Gasteiger partial charge in [-0.25, -0.2) is 4.98 Å². The third-order valence-corrected chi connectivity index (χ3v) is 7.67. The van der Waals surface area contributed by atoms with E-state index in [4.69, 9.17) is 4.98 Å². The zero-order chi connectivity index (χ0) is 21.4. The molecule has 1 aromatic carbocycles. The van der Waals surface area contributed by atoms with E-state index >= 15 is 0 Å². The molecule has 6 nitrogen and oxygen atoms in total. The highest BCUT2D eigenvalue weighted by atomic mass is 32.2. The van der Waals surface area contributed by atoms with Crippen molar-refractivity contribution in [2.45, 2.75) is 49.9 Å². The van der Waals surface area contributed by atoms with E-state index in [0.717, 1.165) is 35.9 Å². The van der Waals surface area contributed by atoms with E-state index in [9.17, 15) is 14.4 Å². The molecule has 4 rings (SSSR count). The quantitative estimate of drug-likeness (QED) is 0.365. The van der Waals surface area contributed by atoms with Crippen LogP contribution in [-0.2, 0) is 24.7 Å². The summed E-state index contributed by atoms with van der Waals surface area (Å²) in [4.78, 5) is 44.0. The molecule has 2 aromatic heterocycles. The highest BCUT2D eigenvalue weighted by Crippen LogP contribution is 2.35. The third-order valence-electron chi connectivity index (χ3n) is 5.34. The van der Waals surface area contributed by atoms with Gasteiger partial charge in [-0.1, -0.05) is 23.9 Å². The Morgan fingerprint density at radius 3 is 2.80 bits per heavy atom. The minimum Gasteiger partial charge on any atom is -0.325 e. The molecule has 0 radical (unpaired) electrons. The van der Waals surface area contributed by atoms with Crippen LogP contribution < -0.4 is 10.9 Å². The van der Waals surface area contributed by atoms with E-state index in [-0.39, 0.29) is 17.2 Å². The minimum absolute atomic E-state index is 0.0383. The number of ketones is 1. The van der Waals surface area contributed by atoms with Crippen LogP contribution in [0.2, 0.25) is 0 Å². The van der Waals surface area contributed by atoms with Gasteiger partial charge in [0.2, 0.25) is 5.91 Å². The van der Waals surface area contributed by atoms with Crippen LogP contribution in [0.5, 0.6) is 0 Å². The van der Waals surface area contributed by atoms with Gasteiger partial charge in [0, 0.05) is 23.2 Å². The van der Waals surface area contributed by atoms with Crippen molar-refractivity contribution in [2.75, 3.05) is 5.32 Å². The Kier molecular flexibility index (Phi) is 5.79. The summed E-state index contributed by atoms with van der Waals surface area (Å²) in [5, 5.41) is 3.67. The fourth-order valence-electron chi connectivity index (χ4n) is 3.64. The normalized spacial score (nSPS) is 14.4. The second kappa shape index (κ2) is 8.35. The number of nitrogens with zero attached hydrogens (tertiary/aromatic N) is 2. The molecule has 0 fully saturated rings. The van der Waals surface area contributed by atoms with Gasteiger partial charge in [0.15, 0.2) is 10.9 Å². The van der Waals surface area contributed by atoms with Crippen LogP contribution in [0.15, 0.2) is 34.2 Å². The average molecular weight is 442 g/mol. The molecule has 0 aliphatic heterocycles. The molecular weight excluding hydrogens is 418 g/mol. The van der Waals surface area contributed by atoms with E-state index in [1.54, 1.807) is 54.1 Å². The number of fused-ring (bicyclic) bond motifs is 3. The Morgan fingerprint density at radius 2 is 2.03 bits per heavy atom. The number of benzene rings is 1. The Balaban J connectivity index is 1.57. The van der Waals surface area contributed by atoms with Crippen molar-refractivity contribution in [1.82, 2.24) is 9.55 Å². The van der Waals surface area contributed by atoms with Crippen LogP contribution in [0.25, 0.3) is 10.2 Å². The van der Waals surface area contributed by atoms with Crippen LogP contribution in [-0.4, -0.2) is 26.5 Å². The molecule has 1 unspecified atom stereocenters. The number of nitrogens with one attached hydrogen (secondary N) is 1. The molecular formula is C22H23N3O3S2. The first kappa shape index (κ1) is 20.8. The Morgan fingerprint density at radius 1 is 1.27 bits per heavy atom. The smallest absolute Gasteiger partial charge is 0.262 e. The van der Waals surface area contributed by atoms with Crippen molar-refractivity contribution in [3.05, 3.63) is 50.6 Å². The van der Waals surface area contributed by atoms with E-state index in [1.807, 2.05) is 0 Å². The summed E-state index contributed by atoms with van der Waals surface area (Å²) in [6, 6.07) is 6.86. The molecule has 8 heteroatoms. The van der Waals surface area contributed by atoms with Crippen molar-refractivity contribution in [3.8, 4) is 0 Å². The lowest BCUT2D eigenvalue weighted by Crippen LogP contribution is -2.25. The summed E-state index contributed by atoms with van der Waals surface area (Å²) in [7, 11) is 1.71. The monoisotopic (exact) mass is 441 g/mol. The maximum atomic E-state index is 13.0. The molecule has 1 amide bonds. The highest BCUT2D eigenvalue weighted by molar-refractivity contribution is 8.00. The standard InChI is InChI=1S/C22H23N3O3S2/c1-12(26)14-7-6-8-15(11-14)23-19(27)13(2)29-22-24-20-18(21(28)25(22)3)16-9-4-5-10-17(16)30-20/h6-8,11,13H,4-5,9-10H2,1-3H3,(H,23,27). The summed E-state index contributed by atoms with van der Waals surface area (Å²) in [5.74, 6) is -0.264. The highest BCUT2D eigenvalue weighted by Gasteiger charge is 2.23. The molecule has 0 spiro atoms. The second-order valence-electron chi connectivity index (χ2n) is 7.54. The number of aromatic nitrogens is 2. The summed E-state index contributed by atoms with van der Waals surface area (Å²) in [6.07, 6.45) is 4.22. The van der Waals surface area contributed by atoms with Crippen molar-refractivity contribution in [3.63, 3.8) is 0 Å². The summed E-state index contributed by atoms with van der Waals surface area (Å²) in [6.45, 7) is 3.27. The van der Waals surface area contributed by atoms with Crippen LogP contribution in [0.1, 0.15) is 47.5 Å². The van der Waals surface area contributed by atoms with Gasteiger partial charge in [-0.15, -0.1) is 11.3 Å². The maximum absolute atomic E-state index is 13.0. The van der Waals surface area contributed by atoms with E-state index in [2.05, 4.69) is 5.32 Å². The number of thiophene rings is 1. The van der Waals surface area contributed by atoms with E-state index < -0.39 is 5.25 Å². The molecule has 0 saturated carbocycles. The number of carbonyl (C=O) groups is 2. The first-order valence-corrected chi connectivity index (χ1v) is 11.6. The molecule has 156 valence electrons. The maximum Gasteiger partial charge on any atom is 0.262 e. The van der Waals surface area contributed by atoms with Gasteiger partial charge in [-0.05, 0) is 57.2 Å². The first-order chi connectivity index (χ1) is 14.3. The van der Waals surface area contributed by atoms with Gasteiger partial charge in [0.25, 0.3) is 5.56 Å². The van der Waals surface area contributed by atoms with Crippen LogP contribution >= 0.6 is 23.1 Å². The molecule has 0 saturated heterocycles. The number of amides is 1. The zero-order valence-electron chi connectivity index (χ0n) is 17.2. The first-order valence-electron chi connectivity index (χ1n) is 9.95. The van der Waals surface area contributed by atoms with Gasteiger partial charge >= 0.3 is 0 Å².